The molecule has 0 atom stereocenters. The largest absolute Gasteiger partial charge is 0.207 e. The lowest BCUT2D eigenvalue weighted by Crippen LogP contribution is -2.81. The Hall–Kier alpha value is -5.61. The van der Waals surface area contributed by atoms with Crippen molar-refractivity contribution in [1.82, 2.24) is 0 Å². The van der Waals surface area contributed by atoms with Gasteiger partial charge in [-0.1, -0.05) is 46.3 Å². The molecule has 0 bridgehead atoms. The minimum atomic E-state index is -7.22. The van der Waals surface area contributed by atoms with Crippen LogP contribution in [0.2, 0.25) is 0 Å². The summed E-state index contributed by atoms with van der Waals surface area (Å²) in [6.07, 6.45) is -2.99. The Morgan fingerprint density at radius 3 is 0.783 bits per heavy atom. The third-order valence-corrected chi connectivity index (χ3v) is 9.68. The summed E-state index contributed by atoms with van der Waals surface area (Å²) in [5.74, 6) is -71.4. The molecule has 6 rings (SSSR count). The third-order valence-electron chi connectivity index (χ3n) is 9.03. The Bertz CT molecular complexity index is 2280. The first-order chi connectivity index (χ1) is 28.1. The van der Waals surface area contributed by atoms with Gasteiger partial charge in [-0.3, -0.25) is 0 Å². The van der Waals surface area contributed by atoms with E-state index in [0.717, 1.165) is 11.9 Å². The zero-order valence-electron chi connectivity index (χ0n) is 28.6. The number of rotatable bonds is 7. The minimum Gasteiger partial charge on any atom is -0.207 e. The molecular weight excluding hydrogens is 929 g/mol. The molecule has 1 nitrogen and oxygen atoms in total. The summed E-state index contributed by atoms with van der Waals surface area (Å²) in [5.41, 5.74) is -11.7. The molecule has 1 heterocycles. The predicted molar refractivity (Wildman–Crippen MR) is 174 cm³/mol. The summed E-state index contributed by atoms with van der Waals surface area (Å²) < 4.78 is 296. The fraction of sp³-hybridized carbons (Fsp3) is 0.0541. The van der Waals surface area contributed by atoms with Crippen LogP contribution in [0.5, 0.6) is 0 Å². The number of pyridine rings is 1. The molecule has 0 fully saturated rings. The Labute approximate surface area is 330 Å². The monoisotopic (exact) mass is 941 g/mol. The summed E-state index contributed by atoms with van der Waals surface area (Å²) in [6.45, 7) is 0.934. The number of hydrogen-bond donors (Lipinski definition) is 0. The van der Waals surface area contributed by atoms with E-state index in [1.165, 1.54) is 11.1 Å². The summed E-state index contributed by atoms with van der Waals surface area (Å²) in [6, 6.07) is 14.7. The zero-order valence-corrected chi connectivity index (χ0v) is 30.2. The molecule has 0 radical (unpaired) electrons. The molecule has 6 aromatic rings. The second-order valence-corrected chi connectivity index (χ2v) is 12.9. The van der Waals surface area contributed by atoms with Gasteiger partial charge in [-0.25, -0.2) is 92.4 Å². The lowest BCUT2D eigenvalue weighted by atomic mass is 9.12. The maximum absolute atomic E-state index is 15.4. The van der Waals surface area contributed by atoms with E-state index in [0.29, 0.717) is 0 Å². The van der Waals surface area contributed by atoms with Gasteiger partial charge in [0.05, 0.1) is 0 Å². The molecule has 316 valence electrons. The maximum atomic E-state index is 15.4. The van der Waals surface area contributed by atoms with E-state index in [4.69, 9.17) is 0 Å². The van der Waals surface area contributed by atoms with Crippen LogP contribution in [0.25, 0.3) is 0 Å². The molecule has 0 unspecified atom stereocenters. The highest BCUT2D eigenvalue weighted by Gasteiger charge is 2.52. The molecule has 0 spiro atoms. The van der Waals surface area contributed by atoms with Crippen molar-refractivity contribution in [2.75, 3.05) is 0 Å². The third kappa shape index (κ3) is 7.23. The van der Waals surface area contributed by atoms with Crippen molar-refractivity contribution in [3.8, 4) is 0 Å². The van der Waals surface area contributed by atoms with Gasteiger partial charge in [-0.2, -0.15) is 0 Å². The number of hydrogen-bond acceptors (Lipinski definition) is 0. The van der Waals surface area contributed by atoms with Crippen molar-refractivity contribution < 1.29 is 92.4 Å². The topological polar surface area (TPSA) is 3.88 Å². The molecule has 0 saturated carbocycles. The Kier molecular flexibility index (Phi) is 13.0. The van der Waals surface area contributed by atoms with Crippen LogP contribution in [0.1, 0.15) is 11.1 Å². The minimum absolute atomic E-state index is 0.916. The molecule has 23 heteroatoms. The van der Waals surface area contributed by atoms with Crippen molar-refractivity contribution >= 4 is 43.9 Å². The van der Waals surface area contributed by atoms with Crippen LogP contribution in [-0.2, 0) is 11.9 Å². The van der Waals surface area contributed by atoms with Crippen LogP contribution in [-0.4, -0.2) is 6.15 Å². The average Bonchev–Trinajstić information content (AvgIpc) is 3.24. The molecule has 0 N–H and O–H groups in total. The van der Waals surface area contributed by atoms with Crippen molar-refractivity contribution in [1.29, 1.82) is 0 Å². The van der Waals surface area contributed by atoms with Gasteiger partial charge in [0.1, 0.15) is 52.7 Å². The maximum Gasteiger partial charge on any atom is 0.200 e. The van der Waals surface area contributed by atoms with Crippen molar-refractivity contribution in [2.24, 2.45) is 0 Å². The van der Waals surface area contributed by atoms with Crippen molar-refractivity contribution in [2.45, 2.75) is 11.9 Å². The van der Waals surface area contributed by atoms with E-state index in [9.17, 15) is 52.7 Å². The Morgan fingerprint density at radius 1 is 0.317 bits per heavy atom. The Balaban J connectivity index is 0.000000379. The van der Waals surface area contributed by atoms with Crippen LogP contribution in [0.15, 0.2) is 54.9 Å². The van der Waals surface area contributed by atoms with E-state index in [2.05, 4.69) is 69.3 Å². The molecule has 1 aromatic heterocycles. The van der Waals surface area contributed by atoms with E-state index in [-0.39, 0.29) is 0 Å². The second kappa shape index (κ2) is 17.2. The molecule has 0 aliphatic rings. The number of halogens is 21. The second-order valence-electron chi connectivity index (χ2n) is 12.3. The average molecular weight is 942 g/mol. The summed E-state index contributed by atoms with van der Waals surface area (Å²) >= 11 is 3.44. The van der Waals surface area contributed by atoms with Crippen LogP contribution in [0.3, 0.4) is 0 Å². The molecule has 0 aliphatic heterocycles. The number of alkyl halides is 1. The van der Waals surface area contributed by atoms with Crippen molar-refractivity contribution in [3.05, 3.63) is 182 Å². The van der Waals surface area contributed by atoms with Gasteiger partial charge >= 0.3 is 0 Å². The van der Waals surface area contributed by atoms with E-state index >= 15 is 35.1 Å². The van der Waals surface area contributed by atoms with E-state index in [1.807, 2.05) is 6.07 Å². The molecule has 60 heavy (non-hydrogen) atoms. The SMILES string of the molecule is BrCc1cc[n+](Cc2ccccc2)cc1.Fc1c(F)c(F)c([B-](c2c(F)c(F)c(F)c(F)c2F)(c2c(F)c(F)c(F)c(F)c2F)c2c(F)c(F)c(F)c(F)c2F)c(F)c1F. The Morgan fingerprint density at radius 2 is 0.550 bits per heavy atom. The summed E-state index contributed by atoms with van der Waals surface area (Å²) in [5, 5.41) is 0.916. The summed E-state index contributed by atoms with van der Waals surface area (Å²) in [7, 11) is 0. The molecule has 0 amide bonds. The zero-order chi connectivity index (χ0) is 44.9. The standard InChI is InChI=1S/C24BF20.C13H13BrN/c26-5-1(6(27)14(35)21(42)13(5)34)25(2-7(28)15(36)22(43)16(37)8(2)29,3-9(30)17(38)23(44)18(39)10(3)31)4-11(32)19(40)24(45)20(41)12(4)33;14-10-12-6-8-15(9-7-12)11-13-4-2-1-3-5-13/h;1-9H,10-11H2/q-1;+1. The number of benzene rings is 5. The number of nitrogens with zero attached hydrogens (tertiary/aromatic N) is 1. The highest BCUT2D eigenvalue weighted by atomic mass is 79.9. The first-order valence-electron chi connectivity index (χ1n) is 15.9. The van der Waals surface area contributed by atoms with Gasteiger partial charge in [0.15, 0.2) is 88.7 Å². The first kappa shape index (κ1) is 45.5. The van der Waals surface area contributed by atoms with E-state index < -0.39 is 144 Å². The van der Waals surface area contributed by atoms with Gasteiger partial charge in [0.2, 0.25) is 0 Å². The quantitative estimate of drug-likeness (QED) is 0.0377. The van der Waals surface area contributed by atoms with Gasteiger partial charge < -0.3 is 0 Å². The molecular formula is C37H13BBrF20N. The lowest BCUT2D eigenvalue weighted by molar-refractivity contribution is -0.688. The first-order valence-corrected chi connectivity index (χ1v) is 17.0. The molecule has 0 aliphatic carbocycles. The normalized spacial score (nSPS) is 11.6. The predicted octanol–water partition coefficient (Wildman–Crippen LogP) is 8.76. The smallest absolute Gasteiger partial charge is 0.200 e. The molecule has 0 saturated heterocycles. The highest BCUT2D eigenvalue weighted by Crippen LogP contribution is 2.30. The van der Waals surface area contributed by atoms with Gasteiger partial charge in [0.25, 0.3) is 0 Å². The number of aromatic nitrogens is 1. The highest BCUT2D eigenvalue weighted by molar-refractivity contribution is 9.08. The van der Waals surface area contributed by atoms with Crippen LogP contribution in [0, 0.1) is 116 Å². The fourth-order valence-corrected chi connectivity index (χ4v) is 6.72. The van der Waals surface area contributed by atoms with Gasteiger partial charge in [-0.05, 0) is 5.56 Å². The lowest BCUT2D eigenvalue weighted by Gasteiger charge is -2.44. The fourth-order valence-electron chi connectivity index (χ4n) is 6.35. The summed E-state index contributed by atoms with van der Waals surface area (Å²) in [4.78, 5) is 0. The van der Waals surface area contributed by atoms with Crippen LogP contribution >= 0.6 is 15.9 Å². The van der Waals surface area contributed by atoms with Crippen LogP contribution in [0.4, 0.5) is 87.8 Å². The van der Waals surface area contributed by atoms with Gasteiger partial charge in [-0.15, -0.1) is 21.9 Å². The van der Waals surface area contributed by atoms with Crippen LogP contribution < -0.4 is 26.4 Å². The van der Waals surface area contributed by atoms with Gasteiger partial charge in [0, 0.05) is 23.0 Å². The van der Waals surface area contributed by atoms with Crippen molar-refractivity contribution in [3.63, 3.8) is 0 Å². The molecule has 5 aromatic carbocycles. The van der Waals surface area contributed by atoms with E-state index in [1.54, 1.807) is 0 Å².